The number of thiazole rings is 1. The highest BCUT2D eigenvalue weighted by Gasteiger charge is 2.13. The molecule has 0 fully saturated rings. The molecule has 3 N–H and O–H groups in total. The Morgan fingerprint density at radius 2 is 1.72 bits per heavy atom. The Morgan fingerprint density at radius 1 is 1.03 bits per heavy atom. The number of hydrogen-bond donors (Lipinski definition) is 3. The Labute approximate surface area is 173 Å². The molecule has 0 aliphatic heterocycles. The maximum Gasteiger partial charge on any atom is 0.325 e. The Balaban J connectivity index is 1.49. The first-order valence-electron chi connectivity index (χ1n) is 8.38. The quantitative estimate of drug-likeness (QED) is 0.529. The number of urea groups is 1. The average Bonchev–Trinajstić information content (AvgIpc) is 3.09. The lowest BCUT2D eigenvalue weighted by atomic mass is 10.2. The smallest absolute Gasteiger partial charge is 0.325 e. The Morgan fingerprint density at radius 3 is 2.41 bits per heavy atom. The van der Waals surface area contributed by atoms with Gasteiger partial charge in [-0.1, -0.05) is 17.7 Å². The summed E-state index contributed by atoms with van der Waals surface area (Å²) in [5.74, 6) is -1.90. The monoisotopic (exact) mass is 436 g/mol. The highest BCUT2D eigenvalue weighted by Crippen LogP contribution is 2.18. The number of amides is 3. The van der Waals surface area contributed by atoms with Gasteiger partial charge in [0.05, 0.1) is 12.1 Å². The van der Waals surface area contributed by atoms with Gasteiger partial charge in [0.15, 0.2) is 5.13 Å². The molecule has 0 aliphatic rings. The van der Waals surface area contributed by atoms with E-state index in [1.165, 1.54) is 6.07 Å². The molecular formula is C19H15ClF2N4O2S. The van der Waals surface area contributed by atoms with Gasteiger partial charge in [-0.05, 0) is 36.4 Å². The van der Waals surface area contributed by atoms with Crippen LogP contribution in [0, 0.1) is 11.6 Å². The number of nitrogens with zero attached hydrogens (tertiary/aromatic N) is 1. The van der Waals surface area contributed by atoms with Crippen LogP contribution < -0.4 is 16.0 Å². The van der Waals surface area contributed by atoms with Crippen LogP contribution in [0.25, 0.3) is 0 Å². The summed E-state index contributed by atoms with van der Waals surface area (Å²) in [7, 11) is 0. The summed E-state index contributed by atoms with van der Waals surface area (Å²) in [5, 5.41) is 10.1. The van der Waals surface area contributed by atoms with Crippen LogP contribution in [0.5, 0.6) is 0 Å². The number of halogens is 3. The van der Waals surface area contributed by atoms with E-state index in [0.29, 0.717) is 21.5 Å². The number of carbonyl (C=O) groups excluding carboxylic acids is 2. The maximum absolute atomic E-state index is 13.6. The lowest BCUT2D eigenvalue weighted by molar-refractivity contribution is -0.120. The van der Waals surface area contributed by atoms with Crippen LogP contribution in [0.1, 0.15) is 11.3 Å². The van der Waals surface area contributed by atoms with Crippen LogP contribution in [0.2, 0.25) is 5.02 Å². The summed E-state index contributed by atoms with van der Waals surface area (Å²) < 4.78 is 27.1. The molecule has 3 rings (SSSR count). The van der Waals surface area contributed by atoms with Gasteiger partial charge in [-0.2, -0.15) is 0 Å². The van der Waals surface area contributed by atoms with Crippen molar-refractivity contribution in [2.24, 2.45) is 0 Å². The summed E-state index contributed by atoms with van der Waals surface area (Å²) in [6.45, 7) is -0.268. The average molecular weight is 437 g/mol. The van der Waals surface area contributed by atoms with Crippen LogP contribution in [-0.4, -0.2) is 16.9 Å². The topological polar surface area (TPSA) is 83.1 Å². The standard InChI is InChI=1S/C19H15ClF2N4O2S/c20-11-4-6-12(7-5-11)24-18(28)26-19-25-13(10-29-19)8-17(27)23-9-14-15(21)2-1-3-16(14)22/h1-7,10H,8-9H2,(H,23,27)(H2,24,25,26,28). The number of benzene rings is 2. The molecule has 29 heavy (non-hydrogen) atoms. The second-order valence-electron chi connectivity index (χ2n) is 5.88. The fraction of sp³-hybridized carbons (Fsp3) is 0.105. The molecule has 1 aromatic heterocycles. The molecule has 6 nitrogen and oxygen atoms in total. The fourth-order valence-corrected chi connectivity index (χ4v) is 3.18. The molecule has 0 unspecified atom stereocenters. The molecule has 1 heterocycles. The van der Waals surface area contributed by atoms with Gasteiger partial charge < -0.3 is 10.6 Å². The third-order valence-corrected chi connectivity index (χ3v) is 4.80. The summed E-state index contributed by atoms with van der Waals surface area (Å²) in [5.41, 5.74) is 0.770. The zero-order valence-corrected chi connectivity index (χ0v) is 16.4. The van der Waals surface area contributed by atoms with Gasteiger partial charge in [0.1, 0.15) is 11.6 Å². The molecule has 0 aliphatic carbocycles. The van der Waals surface area contributed by atoms with Gasteiger partial charge in [-0.3, -0.25) is 10.1 Å². The Kier molecular flexibility index (Phi) is 6.73. The molecule has 3 aromatic rings. The van der Waals surface area contributed by atoms with Crippen molar-refractivity contribution in [3.05, 3.63) is 75.8 Å². The Hall–Kier alpha value is -3.04. The predicted octanol–water partition coefficient (Wildman–Crippen LogP) is 4.58. The Bertz CT molecular complexity index is 1010. The minimum absolute atomic E-state index is 0.0902. The summed E-state index contributed by atoms with van der Waals surface area (Å²) in [6.07, 6.45) is -0.0902. The molecule has 0 bridgehead atoms. The molecule has 0 radical (unpaired) electrons. The highest BCUT2D eigenvalue weighted by molar-refractivity contribution is 7.14. The number of anilines is 2. The first-order valence-corrected chi connectivity index (χ1v) is 9.64. The van der Waals surface area contributed by atoms with Gasteiger partial charge in [-0.15, -0.1) is 11.3 Å². The molecule has 0 spiro atoms. The summed E-state index contributed by atoms with van der Waals surface area (Å²) in [4.78, 5) is 28.1. The molecule has 0 saturated carbocycles. The van der Waals surface area contributed by atoms with E-state index in [2.05, 4.69) is 20.9 Å². The molecule has 3 amide bonds. The zero-order chi connectivity index (χ0) is 20.8. The van der Waals surface area contributed by atoms with E-state index in [1.807, 2.05) is 0 Å². The van der Waals surface area contributed by atoms with Crippen molar-refractivity contribution < 1.29 is 18.4 Å². The number of aromatic nitrogens is 1. The minimum Gasteiger partial charge on any atom is -0.351 e. The SMILES string of the molecule is O=C(Cc1csc(NC(=O)Nc2ccc(Cl)cc2)n1)NCc1c(F)cccc1F. The van der Waals surface area contributed by atoms with Crippen molar-refractivity contribution in [3.63, 3.8) is 0 Å². The predicted molar refractivity (Wildman–Crippen MR) is 108 cm³/mol. The van der Waals surface area contributed by atoms with Gasteiger partial charge in [-0.25, -0.2) is 18.6 Å². The molecular weight excluding hydrogens is 422 g/mol. The van der Waals surface area contributed by atoms with Gasteiger partial charge in [0, 0.05) is 28.2 Å². The van der Waals surface area contributed by atoms with Crippen molar-refractivity contribution >= 4 is 45.7 Å². The molecule has 0 atom stereocenters. The third-order valence-electron chi connectivity index (χ3n) is 3.74. The van der Waals surface area contributed by atoms with Crippen molar-refractivity contribution in [1.82, 2.24) is 10.3 Å². The maximum atomic E-state index is 13.6. The van der Waals surface area contributed by atoms with Crippen LogP contribution in [-0.2, 0) is 17.8 Å². The molecule has 2 aromatic carbocycles. The minimum atomic E-state index is -0.725. The van der Waals surface area contributed by atoms with Gasteiger partial charge in [0.25, 0.3) is 0 Å². The second kappa shape index (κ2) is 9.44. The van der Waals surface area contributed by atoms with E-state index in [1.54, 1.807) is 29.6 Å². The van der Waals surface area contributed by atoms with Crippen molar-refractivity contribution in [1.29, 1.82) is 0 Å². The summed E-state index contributed by atoms with van der Waals surface area (Å²) in [6, 6.07) is 9.59. The second-order valence-corrected chi connectivity index (χ2v) is 7.18. The van der Waals surface area contributed by atoms with Crippen LogP contribution in [0.3, 0.4) is 0 Å². The molecule has 10 heteroatoms. The van der Waals surface area contributed by atoms with Crippen molar-refractivity contribution in [2.45, 2.75) is 13.0 Å². The van der Waals surface area contributed by atoms with E-state index in [9.17, 15) is 18.4 Å². The fourth-order valence-electron chi connectivity index (χ4n) is 2.35. The van der Waals surface area contributed by atoms with E-state index in [0.717, 1.165) is 23.5 Å². The lowest BCUT2D eigenvalue weighted by Gasteiger charge is -2.06. The number of nitrogens with one attached hydrogen (secondary N) is 3. The van der Waals surface area contributed by atoms with Crippen LogP contribution in [0.4, 0.5) is 24.4 Å². The van der Waals surface area contributed by atoms with Crippen molar-refractivity contribution in [3.8, 4) is 0 Å². The molecule has 0 saturated heterocycles. The lowest BCUT2D eigenvalue weighted by Crippen LogP contribution is -2.25. The van der Waals surface area contributed by atoms with E-state index in [-0.39, 0.29) is 18.5 Å². The highest BCUT2D eigenvalue weighted by atomic mass is 35.5. The zero-order valence-electron chi connectivity index (χ0n) is 14.8. The van der Waals surface area contributed by atoms with Crippen molar-refractivity contribution in [2.75, 3.05) is 10.6 Å². The van der Waals surface area contributed by atoms with Gasteiger partial charge in [0.2, 0.25) is 5.91 Å². The number of carbonyl (C=O) groups is 2. The number of hydrogen-bond acceptors (Lipinski definition) is 4. The van der Waals surface area contributed by atoms with E-state index < -0.39 is 23.6 Å². The first-order chi connectivity index (χ1) is 13.9. The normalized spacial score (nSPS) is 10.4. The van der Waals surface area contributed by atoms with Gasteiger partial charge >= 0.3 is 6.03 Å². The molecule has 150 valence electrons. The van der Waals surface area contributed by atoms with Crippen LogP contribution >= 0.6 is 22.9 Å². The largest absolute Gasteiger partial charge is 0.351 e. The summed E-state index contributed by atoms with van der Waals surface area (Å²) >= 11 is 6.94. The third kappa shape index (κ3) is 5.97. The van der Waals surface area contributed by atoms with E-state index >= 15 is 0 Å². The first kappa shape index (κ1) is 20.7. The van der Waals surface area contributed by atoms with E-state index in [4.69, 9.17) is 11.6 Å². The number of rotatable bonds is 6. The van der Waals surface area contributed by atoms with Crippen LogP contribution in [0.15, 0.2) is 47.8 Å².